The van der Waals surface area contributed by atoms with Gasteiger partial charge in [0.2, 0.25) is 0 Å². The van der Waals surface area contributed by atoms with Gasteiger partial charge in [-0.15, -0.1) is 0 Å². The summed E-state index contributed by atoms with van der Waals surface area (Å²) in [4.78, 5) is 14.7. The van der Waals surface area contributed by atoms with Crippen LogP contribution in [0, 0.1) is 0 Å². The van der Waals surface area contributed by atoms with Gasteiger partial charge in [-0.3, -0.25) is 4.79 Å². The maximum absolute atomic E-state index is 12.8. The Morgan fingerprint density at radius 2 is 1.80 bits per heavy atom. The molecule has 0 spiro atoms. The van der Waals surface area contributed by atoms with Crippen LogP contribution in [0.2, 0.25) is 10.0 Å². The summed E-state index contributed by atoms with van der Waals surface area (Å²) >= 11 is 15.8. The van der Waals surface area contributed by atoms with Crippen LogP contribution in [0.1, 0.15) is 42.5 Å². The molecule has 1 aliphatic rings. The van der Waals surface area contributed by atoms with E-state index in [0.717, 1.165) is 18.2 Å². The average molecular weight is 379 g/mol. The molecule has 0 heterocycles. The summed E-state index contributed by atoms with van der Waals surface area (Å²) in [6.07, 6.45) is 5.78. The number of amides is 1. The number of halogens is 3. The van der Waals surface area contributed by atoms with Crippen LogP contribution < -0.4 is 0 Å². The van der Waals surface area contributed by atoms with Crippen molar-refractivity contribution in [3.8, 4) is 0 Å². The lowest BCUT2D eigenvalue weighted by Gasteiger charge is -2.34. The predicted molar refractivity (Wildman–Crippen MR) is 88.2 cm³/mol. The van der Waals surface area contributed by atoms with Crippen molar-refractivity contribution < 1.29 is 4.79 Å². The lowest BCUT2D eigenvalue weighted by molar-refractivity contribution is 0.0651. The van der Waals surface area contributed by atoms with E-state index < -0.39 is 0 Å². The summed E-state index contributed by atoms with van der Waals surface area (Å²) < 4.78 is 0. The van der Waals surface area contributed by atoms with Crippen LogP contribution in [-0.2, 0) is 0 Å². The van der Waals surface area contributed by atoms with Crippen LogP contribution in [0.15, 0.2) is 18.2 Å². The first kappa shape index (κ1) is 16.1. The number of carbonyl (C=O) groups excluding carboxylic acids is 1. The second-order valence-electron chi connectivity index (χ2n) is 5.08. The first-order chi connectivity index (χ1) is 9.65. The average Bonchev–Trinajstić information content (AvgIpc) is 2.45. The van der Waals surface area contributed by atoms with Gasteiger partial charge in [-0.1, -0.05) is 64.5 Å². The van der Waals surface area contributed by atoms with E-state index in [1.807, 2.05) is 4.90 Å². The number of rotatable bonds is 4. The monoisotopic (exact) mass is 377 g/mol. The summed E-state index contributed by atoms with van der Waals surface area (Å²) in [6, 6.07) is 5.50. The summed E-state index contributed by atoms with van der Waals surface area (Å²) in [5, 5.41) is 1.62. The summed E-state index contributed by atoms with van der Waals surface area (Å²) in [5.41, 5.74) is 0.433. The smallest absolute Gasteiger partial charge is 0.257 e. The zero-order valence-corrected chi connectivity index (χ0v) is 14.3. The molecule has 110 valence electrons. The van der Waals surface area contributed by atoms with Crippen LogP contribution in [0.25, 0.3) is 0 Å². The fraction of sp³-hybridized carbons (Fsp3) is 0.533. The van der Waals surface area contributed by atoms with E-state index in [0.29, 0.717) is 28.2 Å². The normalized spacial score (nSPS) is 16.1. The number of benzene rings is 1. The Bertz CT molecular complexity index is 455. The van der Waals surface area contributed by atoms with Gasteiger partial charge in [0.05, 0.1) is 15.6 Å². The second-order valence-corrected chi connectivity index (χ2v) is 6.68. The molecule has 2 rings (SSSR count). The number of carbonyl (C=O) groups is 1. The van der Waals surface area contributed by atoms with E-state index in [1.165, 1.54) is 19.3 Å². The summed E-state index contributed by atoms with van der Waals surface area (Å²) in [7, 11) is 0. The quantitative estimate of drug-likeness (QED) is 0.662. The second kappa shape index (κ2) is 7.67. The van der Waals surface area contributed by atoms with Crippen LogP contribution in [0.5, 0.6) is 0 Å². The molecule has 0 saturated heterocycles. The number of hydrogen-bond donors (Lipinski definition) is 0. The molecule has 0 N–H and O–H groups in total. The maximum Gasteiger partial charge on any atom is 0.257 e. The highest BCUT2D eigenvalue weighted by molar-refractivity contribution is 9.09. The minimum Gasteiger partial charge on any atom is -0.335 e. The van der Waals surface area contributed by atoms with Crippen molar-refractivity contribution in [2.75, 3.05) is 11.9 Å². The fourth-order valence-corrected chi connectivity index (χ4v) is 3.72. The van der Waals surface area contributed by atoms with Crippen molar-refractivity contribution in [2.45, 2.75) is 38.1 Å². The maximum atomic E-state index is 12.8. The van der Waals surface area contributed by atoms with Crippen LogP contribution >= 0.6 is 39.1 Å². The Morgan fingerprint density at radius 3 is 2.35 bits per heavy atom. The molecule has 1 aromatic rings. The molecule has 1 fully saturated rings. The molecule has 0 aliphatic heterocycles. The Balaban J connectivity index is 2.26. The topological polar surface area (TPSA) is 20.3 Å². The molecule has 1 amide bonds. The van der Waals surface area contributed by atoms with Crippen LogP contribution in [0.4, 0.5) is 0 Å². The lowest BCUT2D eigenvalue weighted by atomic mass is 9.93. The molecule has 1 aliphatic carbocycles. The summed E-state index contributed by atoms with van der Waals surface area (Å²) in [6.45, 7) is 0.686. The van der Waals surface area contributed by atoms with Gasteiger partial charge in [0, 0.05) is 17.9 Å². The van der Waals surface area contributed by atoms with E-state index in [-0.39, 0.29) is 5.91 Å². The SMILES string of the molecule is O=C(c1c(Cl)cccc1Cl)N(CCBr)C1CCCCC1. The third kappa shape index (κ3) is 3.69. The molecule has 0 radical (unpaired) electrons. The molecular formula is C15H18BrCl2NO. The van der Waals surface area contributed by atoms with E-state index in [9.17, 15) is 4.79 Å². The third-order valence-corrected chi connectivity index (χ3v) is 4.76. The van der Waals surface area contributed by atoms with Gasteiger partial charge in [-0.2, -0.15) is 0 Å². The minimum atomic E-state index is -0.0491. The van der Waals surface area contributed by atoms with E-state index in [2.05, 4.69) is 15.9 Å². The molecule has 1 aromatic carbocycles. The zero-order valence-electron chi connectivity index (χ0n) is 11.2. The molecule has 0 aromatic heterocycles. The van der Waals surface area contributed by atoms with Gasteiger partial charge in [0.25, 0.3) is 5.91 Å². The van der Waals surface area contributed by atoms with E-state index >= 15 is 0 Å². The van der Waals surface area contributed by atoms with Gasteiger partial charge in [0.15, 0.2) is 0 Å². The standard InChI is InChI=1S/C15H18BrCl2NO/c16-9-10-19(11-5-2-1-3-6-11)15(20)14-12(17)7-4-8-13(14)18/h4,7-8,11H,1-3,5-6,9-10H2. The van der Waals surface area contributed by atoms with Gasteiger partial charge in [-0.05, 0) is 25.0 Å². The van der Waals surface area contributed by atoms with Gasteiger partial charge in [0.1, 0.15) is 0 Å². The first-order valence-electron chi connectivity index (χ1n) is 6.96. The van der Waals surface area contributed by atoms with E-state index in [1.54, 1.807) is 18.2 Å². The molecule has 1 saturated carbocycles. The minimum absolute atomic E-state index is 0.0491. The Hall–Kier alpha value is -0.250. The van der Waals surface area contributed by atoms with Gasteiger partial charge >= 0.3 is 0 Å². The molecular weight excluding hydrogens is 361 g/mol. The fourth-order valence-electron chi connectivity index (χ4n) is 2.78. The molecule has 2 nitrogen and oxygen atoms in total. The van der Waals surface area contributed by atoms with Gasteiger partial charge in [-0.25, -0.2) is 0 Å². The molecule has 0 unspecified atom stereocenters. The Kier molecular flexibility index (Phi) is 6.19. The summed E-state index contributed by atoms with van der Waals surface area (Å²) in [5.74, 6) is -0.0491. The highest BCUT2D eigenvalue weighted by Crippen LogP contribution is 2.29. The van der Waals surface area contributed by atoms with Crippen molar-refractivity contribution in [3.63, 3.8) is 0 Å². The van der Waals surface area contributed by atoms with Gasteiger partial charge < -0.3 is 4.90 Å². The first-order valence-corrected chi connectivity index (χ1v) is 8.84. The Morgan fingerprint density at radius 1 is 1.20 bits per heavy atom. The van der Waals surface area contributed by atoms with Crippen LogP contribution in [0.3, 0.4) is 0 Å². The third-order valence-electron chi connectivity index (χ3n) is 3.78. The van der Waals surface area contributed by atoms with Crippen molar-refractivity contribution >= 4 is 45.0 Å². The van der Waals surface area contributed by atoms with Crippen molar-refractivity contribution in [1.82, 2.24) is 4.90 Å². The van der Waals surface area contributed by atoms with E-state index in [4.69, 9.17) is 23.2 Å². The lowest BCUT2D eigenvalue weighted by Crippen LogP contribution is -2.42. The number of alkyl halides is 1. The zero-order chi connectivity index (χ0) is 14.5. The van der Waals surface area contributed by atoms with Crippen LogP contribution in [-0.4, -0.2) is 28.7 Å². The molecule has 0 atom stereocenters. The largest absolute Gasteiger partial charge is 0.335 e. The predicted octanol–water partition coefficient (Wildman–Crippen LogP) is 5.16. The molecule has 5 heteroatoms. The Labute approximate surface area is 138 Å². The van der Waals surface area contributed by atoms with Crippen molar-refractivity contribution in [3.05, 3.63) is 33.8 Å². The highest BCUT2D eigenvalue weighted by atomic mass is 79.9. The molecule has 0 bridgehead atoms. The number of nitrogens with zero attached hydrogens (tertiary/aromatic N) is 1. The van der Waals surface area contributed by atoms with Crippen molar-refractivity contribution in [1.29, 1.82) is 0 Å². The van der Waals surface area contributed by atoms with Crippen molar-refractivity contribution in [2.24, 2.45) is 0 Å². The molecule has 20 heavy (non-hydrogen) atoms. The number of hydrogen-bond acceptors (Lipinski definition) is 1. The highest BCUT2D eigenvalue weighted by Gasteiger charge is 2.28.